The third-order valence-electron chi connectivity index (χ3n) is 6.29. The van der Waals surface area contributed by atoms with Gasteiger partial charge in [0.25, 0.3) is 0 Å². The topological polar surface area (TPSA) is 115 Å². The second-order valence-electron chi connectivity index (χ2n) is 8.99. The number of anilines is 1. The molecule has 0 saturated heterocycles. The summed E-state index contributed by atoms with van der Waals surface area (Å²) in [5.74, 6) is 1.08. The highest BCUT2D eigenvalue weighted by Crippen LogP contribution is 2.48. The van der Waals surface area contributed by atoms with Gasteiger partial charge in [0.05, 0.1) is 22.5 Å². The van der Waals surface area contributed by atoms with Crippen LogP contribution in [-0.4, -0.2) is 47.0 Å². The number of nitrogen functional groups attached to an aromatic ring is 1. The Morgan fingerprint density at radius 1 is 1.25 bits per heavy atom. The fraction of sp³-hybridized carbons (Fsp3) is 0.500. The molecule has 4 rings (SSSR count). The molecule has 10 heteroatoms. The van der Waals surface area contributed by atoms with Crippen LogP contribution in [0.15, 0.2) is 23.6 Å². The van der Waals surface area contributed by atoms with E-state index in [1.54, 1.807) is 6.82 Å². The summed E-state index contributed by atoms with van der Waals surface area (Å²) in [6.45, 7) is 5.78. The number of hydrogen-bond acceptors (Lipinski definition) is 8. The van der Waals surface area contributed by atoms with Crippen LogP contribution in [0.3, 0.4) is 0 Å². The number of rotatable bonds is 5. The first-order chi connectivity index (χ1) is 15.2. The molecule has 1 fully saturated rings. The monoisotopic (exact) mass is 457 g/mol. The Bertz CT molecular complexity index is 1040. The van der Waals surface area contributed by atoms with Gasteiger partial charge in [-0.3, -0.25) is 0 Å². The van der Waals surface area contributed by atoms with E-state index in [1.807, 2.05) is 26.0 Å². The van der Waals surface area contributed by atoms with E-state index in [0.717, 1.165) is 42.4 Å². The van der Waals surface area contributed by atoms with Gasteiger partial charge >= 0.3 is 7.05 Å². The highest BCUT2D eigenvalue weighted by atomic mass is 35.5. The van der Waals surface area contributed by atoms with Crippen molar-refractivity contribution in [3.05, 3.63) is 34.6 Å². The number of nitrogens with two attached hydrogens (primary N) is 1. The number of ether oxygens (including phenoxy) is 1. The molecule has 1 saturated carbocycles. The molecule has 0 atom stereocenters. The Kier molecular flexibility index (Phi) is 6.34. The zero-order chi connectivity index (χ0) is 23.0. The largest absolute Gasteiger partial charge is 0.490 e. The van der Waals surface area contributed by atoms with Gasteiger partial charge < -0.3 is 25.6 Å². The SMILES string of the molecule is CO/N=C1\c2cc(OC3CCC(NB(C)O)CC3)cc(Cl)c2-c2ncnc(N)c2C1(C)C. The second kappa shape index (κ2) is 8.88. The summed E-state index contributed by atoms with van der Waals surface area (Å²) < 4.78 is 6.33. The van der Waals surface area contributed by atoms with Crippen LogP contribution in [-0.2, 0) is 10.3 Å². The van der Waals surface area contributed by atoms with Crippen molar-refractivity contribution in [2.75, 3.05) is 12.8 Å². The second-order valence-corrected chi connectivity index (χ2v) is 9.40. The Labute approximate surface area is 193 Å². The van der Waals surface area contributed by atoms with Crippen LogP contribution in [0.1, 0.15) is 50.7 Å². The van der Waals surface area contributed by atoms with Crippen molar-refractivity contribution in [2.24, 2.45) is 5.16 Å². The number of aromatic nitrogens is 2. The van der Waals surface area contributed by atoms with Gasteiger partial charge in [0.1, 0.15) is 25.0 Å². The predicted octanol–water partition coefficient (Wildman–Crippen LogP) is 3.41. The first-order valence-corrected chi connectivity index (χ1v) is 11.3. The van der Waals surface area contributed by atoms with Crippen molar-refractivity contribution in [3.8, 4) is 17.0 Å². The molecule has 2 aliphatic rings. The van der Waals surface area contributed by atoms with Crippen molar-refractivity contribution in [2.45, 2.75) is 63.9 Å². The van der Waals surface area contributed by atoms with Crippen LogP contribution in [0.25, 0.3) is 11.3 Å². The molecule has 2 aromatic rings. The molecule has 2 aliphatic carbocycles. The maximum atomic E-state index is 9.55. The normalized spacial score (nSPS) is 22.8. The molecular weight excluding hydrogens is 429 g/mol. The minimum absolute atomic E-state index is 0.0841. The summed E-state index contributed by atoms with van der Waals surface area (Å²) in [6, 6.07) is 4.10. The third kappa shape index (κ3) is 4.17. The molecule has 0 amide bonds. The quantitative estimate of drug-likeness (QED) is 0.465. The minimum Gasteiger partial charge on any atom is -0.490 e. The molecular formula is C22H29BClN5O3. The molecule has 1 aromatic heterocycles. The smallest absolute Gasteiger partial charge is 0.373 e. The highest BCUT2D eigenvalue weighted by molar-refractivity contribution is 6.45. The Balaban J connectivity index is 1.69. The molecule has 8 nitrogen and oxygen atoms in total. The average Bonchev–Trinajstić information content (AvgIpc) is 2.71. The number of halogens is 1. The molecule has 0 bridgehead atoms. The number of benzene rings is 1. The van der Waals surface area contributed by atoms with Gasteiger partial charge in [-0.15, -0.1) is 0 Å². The van der Waals surface area contributed by atoms with Gasteiger partial charge in [-0.1, -0.05) is 16.8 Å². The molecule has 0 unspecified atom stereocenters. The average molecular weight is 458 g/mol. The lowest BCUT2D eigenvalue weighted by Gasteiger charge is -2.35. The van der Waals surface area contributed by atoms with Crippen LogP contribution >= 0.6 is 11.6 Å². The molecule has 0 radical (unpaired) electrons. The first-order valence-electron chi connectivity index (χ1n) is 10.9. The van der Waals surface area contributed by atoms with E-state index in [1.165, 1.54) is 13.4 Å². The van der Waals surface area contributed by atoms with Crippen LogP contribution in [0.4, 0.5) is 5.82 Å². The van der Waals surface area contributed by atoms with Gasteiger partial charge in [-0.2, -0.15) is 0 Å². The number of oxime groups is 1. The lowest BCUT2D eigenvalue weighted by Crippen LogP contribution is -2.43. The van der Waals surface area contributed by atoms with Gasteiger partial charge in [-0.05, 0) is 64.5 Å². The molecule has 0 spiro atoms. The highest BCUT2D eigenvalue weighted by Gasteiger charge is 2.42. The standard InChI is InChI=1S/C22H29BClN5O3/c1-22(2)18-19(26-11-27-21(18)25)17-15(20(22)29-31-4)9-14(10-16(17)24)32-13-7-5-12(6-8-13)28-23(3)30/h9-13,28,30H,5-8H2,1-4H3,(H2,25,26,27)/b29-20+. The molecule has 170 valence electrons. The van der Waals surface area contributed by atoms with Gasteiger partial charge in [0, 0.05) is 22.1 Å². The number of nitrogens with one attached hydrogen (secondary N) is 1. The molecule has 1 heterocycles. The van der Waals surface area contributed by atoms with Crippen LogP contribution in [0.2, 0.25) is 11.8 Å². The third-order valence-corrected chi connectivity index (χ3v) is 6.58. The van der Waals surface area contributed by atoms with Crippen molar-refractivity contribution in [3.63, 3.8) is 0 Å². The van der Waals surface area contributed by atoms with Crippen LogP contribution < -0.4 is 15.7 Å². The summed E-state index contributed by atoms with van der Waals surface area (Å²) in [5.41, 5.74) is 9.40. The van der Waals surface area contributed by atoms with Crippen molar-refractivity contribution in [1.82, 2.24) is 15.2 Å². The van der Waals surface area contributed by atoms with E-state index in [2.05, 4.69) is 20.4 Å². The molecule has 32 heavy (non-hydrogen) atoms. The zero-order valence-electron chi connectivity index (χ0n) is 18.9. The van der Waals surface area contributed by atoms with Crippen LogP contribution in [0, 0.1) is 0 Å². The molecule has 4 N–H and O–H groups in total. The van der Waals surface area contributed by atoms with E-state index in [9.17, 15) is 5.02 Å². The van der Waals surface area contributed by atoms with E-state index >= 15 is 0 Å². The lowest BCUT2D eigenvalue weighted by atomic mass is 9.70. The summed E-state index contributed by atoms with van der Waals surface area (Å²) in [5, 5.41) is 17.6. The van der Waals surface area contributed by atoms with E-state index < -0.39 is 12.5 Å². The fourth-order valence-electron chi connectivity index (χ4n) is 4.87. The summed E-state index contributed by atoms with van der Waals surface area (Å²) in [6.07, 6.45) is 5.22. The molecule has 0 aliphatic heterocycles. The summed E-state index contributed by atoms with van der Waals surface area (Å²) in [4.78, 5) is 13.9. The molecule has 1 aromatic carbocycles. The maximum absolute atomic E-state index is 9.55. The predicted molar refractivity (Wildman–Crippen MR) is 127 cm³/mol. The van der Waals surface area contributed by atoms with Crippen molar-refractivity contribution in [1.29, 1.82) is 0 Å². The first kappa shape index (κ1) is 22.8. The Hall–Kier alpha value is -2.36. The van der Waals surface area contributed by atoms with Gasteiger partial charge in [-0.25, -0.2) is 9.97 Å². The van der Waals surface area contributed by atoms with E-state index in [0.29, 0.717) is 34.0 Å². The Morgan fingerprint density at radius 2 is 1.97 bits per heavy atom. The maximum Gasteiger partial charge on any atom is 0.373 e. The number of hydrogen-bond donors (Lipinski definition) is 3. The number of fused-ring (bicyclic) bond motifs is 3. The van der Waals surface area contributed by atoms with Crippen molar-refractivity contribution >= 4 is 30.2 Å². The minimum atomic E-state index is -0.587. The summed E-state index contributed by atoms with van der Waals surface area (Å²) in [7, 11) is 1.02. The van der Waals surface area contributed by atoms with Gasteiger partial charge in [0.2, 0.25) is 0 Å². The lowest BCUT2D eigenvalue weighted by molar-refractivity contribution is 0.143. The Morgan fingerprint density at radius 3 is 2.62 bits per heavy atom. The zero-order valence-corrected chi connectivity index (χ0v) is 19.6. The van der Waals surface area contributed by atoms with Crippen LogP contribution in [0.5, 0.6) is 5.75 Å². The fourth-order valence-corrected chi connectivity index (χ4v) is 5.17. The van der Waals surface area contributed by atoms with Crippen molar-refractivity contribution < 1.29 is 14.6 Å². The van der Waals surface area contributed by atoms with E-state index in [-0.39, 0.29) is 6.10 Å². The summed E-state index contributed by atoms with van der Waals surface area (Å²) >= 11 is 6.77. The number of nitrogens with zero attached hydrogens (tertiary/aromatic N) is 3. The van der Waals surface area contributed by atoms with Gasteiger partial charge in [0.15, 0.2) is 0 Å². The van der Waals surface area contributed by atoms with E-state index in [4.69, 9.17) is 26.9 Å².